The van der Waals surface area contributed by atoms with Gasteiger partial charge in [-0.2, -0.15) is 0 Å². The fraction of sp³-hybridized carbons (Fsp3) is 0.588. The highest BCUT2D eigenvalue weighted by Crippen LogP contribution is 2.31. The van der Waals surface area contributed by atoms with E-state index in [2.05, 4.69) is 5.32 Å². The number of carbonyl (C=O) groups is 1. The van der Waals surface area contributed by atoms with Crippen molar-refractivity contribution in [3.8, 4) is 0 Å². The van der Waals surface area contributed by atoms with E-state index in [0.29, 0.717) is 0 Å². The van der Waals surface area contributed by atoms with Crippen LogP contribution in [-0.4, -0.2) is 23.1 Å². The summed E-state index contributed by atoms with van der Waals surface area (Å²) >= 11 is 0. The van der Waals surface area contributed by atoms with Crippen LogP contribution in [0.25, 0.3) is 0 Å². The van der Waals surface area contributed by atoms with Gasteiger partial charge in [0.05, 0.1) is 12.0 Å². The number of aryl methyl sites for hydroxylation is 1. The summed E-state index contributed by atoms with van der Waals surface area (Å²) in [5.41, 5.74) is 7.69. The largest absolute Gasteiger partial charge is 0.387 e. The van der Waals surface area contributed by atoms with Crippen LogP contribution in [0.1, 0.15) is 49.8 Å². The first-order valence-corrected chi connectivity index (χ1v) is 7.72. The van der Waals surface area contributed by atoms with E-state index in [4.69, 9.17) is 5.73 Å². The first kappa shape index (κ1) is 16.0. The SMILES string of the molecule is Cc1ccccc1C(O)CNC(=O)C1CCCCC1(C)N. The molecule has 4 N–H and O–H groups in total. The molecule has 4 heteroatoms. The monoisotopic (exact) mass is 290 g/mol. The third-order valence-corrected chi connectivity index (χ3v) is 4.59. The topological polar surface area (TPSA) is 75.3 Å². The predicted molar refractivity (Wildman–Crippen MR) is 83.7 cm³/mol. The van der Waals surface area contributed by atoms with Crippen LogP contribution in [0.5, 0.6) is 0 Å². The normalized spacial score (nSPS) is 27.1. The van der Waals surface area contributed by atoms with E-state index in [9.17, 15) is 9.90 Å². The molecule has 1 saturated carbocycles. The van der Waals surface area contributed by atoms with Crippen molar-refractivity contribution in [3.05, 3.63) is 35.4 Å². The van der Waals surface area contributed by atoms with Gasteiger partial charge in [-0.05, 0) is 37.8 Å². The van der Waals surface area contributed by atoms with E-state index in [1.54, 1.807) is 0 Å². The molecule has 2 rings (SSSR count). The molecule has 0 aromatic heterocycles. The van der Waals surface area contributed by atoms with Crippen molar-refractivity contribution in [1.29, 1.82) is 0 Å². The number of hydrogen-bond acceptors (Lipinski definition) is 3. The standard InChI is InChI=1S/C17H26N2O2/c1-12-7-3-4-8-13(12)15(20)11-19-16(21)14-9-5-6-10-17(14,2)18/h3-4,7-8,14-15,20H,5-6,9-11,18H2,1-2H3,(H,19,21). The smallest absolute Gasteiger partial charge is 0.225 e. The molecule has 0 radical (unpaired) electrons. The number of hydrogen-bond donors (Lipinski definition) is 3. The molecule has 1 aliphatic rings. The van der Waals surface area contributed by atoms with E-state index >= 15 is 0 Å². The summed E-state index contributed by atoms with van der Waals surface area (Å²) in [5.74, 6) is -0.192. The molecule has 1 aromatic carbocycles. The van der Waals surface area contributed by atoms with Gasteiger partial charge in [0, 0.05) is 12.1 Å². The lowest BCUT2D eigenvalue weighted by molar-refractivity contribution is -0.128. The number of aliphatic hydroxyl groups excluding tert-OH is 1. The van der Waals surface area contributed by atoms with Gasteiger partial charge in [-0.15, -0.1) is 0 Å². The Morgan fingerprint density at radius 3 is 2.86 bits per heavy atom. The van der Waals surface area contributed by atoms with Crippen molar-refractivity contribution in [2.24, 2.45) is 11.7 Å². The van der Waals surface area contributed by atoms with Crippen LogP contribution in [0, 0.1) is 12.8 Å². The van der Waals surface area contributed by atoms with E-state index in [1.807, 2.05) is 38.1 Å². The molecule has 0 spiro atoms. The Kier molecular flexibility index (Phi) is 5.01. The van der Waals surface area contributed by atoms with Crippen LogP contribution in [0.4, 0.5) is 0 Å². The quantitative estimate of drug-likeness (QED) is 0.794. The van der Waals surface area contributed by atoms with Crippen molar-refractivity contribution in [3.63, 3.8) is 0 Å². The Morgan fingerprint density at radius 2 is 2.19 bits per heavy atom. The van der Waals surface area contributed by atoms with Gasteiger partial charge in [0.15, 0.2) is 0 Å². The molecule has 0 bridgehead atoms. The van der Waals surface area contributed by atoms with Crippen LogP contribution >= 0.6 is 0 Å². The fourth-order valence-corrected chi connectivity index (χ4v) is 3.18. The summed E-state index contributed by atoms with van der Waals surface area (Å²) in [5, 5.41) is 13.1. The van der Waals surface area contributed by atoms with Gasteiger partial charge in [0.1, 0.15) is 0 Å². The molecule has 0 heterocycles. The van der Waals surface area contributed by atoms with Gasteiger partial charge >= 0.3 is 0 Å². The van der Waals surface area contributed by atoms with Crippen LogP contribution < -0.4 is 11.1 Å². The van der Waals surface area contributed by atoms with Crippen LogP contribution in [0.3, 0.4) is 0 Å². The number of carbonyl (C=O) groups excluding carboxylic acids is 1. The second-order valence-electron chi connectivity index (χ2n) is 6.42. The maximum Gasteiger partial charge on any atom is 0.225 e. The molecule has 1 fully saturated rings. The Hall–Kier alpha value is -1.39. The molecule has 116 valence electrons. The Balaban J connectivity index is 1.93. The predicted octanol–water partition coefficient (Wildman–Crippen LogP) is 2.05. The van der Waals surface area contributed by atoms with E-state index < -0.39 is 11.6 Å². The molecule has 1 amide bonds. The zero-order valence-corrected chi connectivity index (χ0v) is 12.9. The first-order valence-electron chi connectivity index (χ1n) is 7.72. The lowest BCUT2D eigenvalue weighted by atomic mass is 9.74. The number of nitrogens with one attached hydrogen (secondary N) is 1. The molecule has 3 unspecified atom stereocenters. The van der Waals surface area contributed by atoms with E-state index in [-0.39, 0.29) is 18.4 Å². The highest BCUT2D eigenvalue weighted by molar-refractivity contribution is 5.80. The molecule has 0 saturated heterocycles. The summed E-state index contributed by atoms with van der Waals surface area (Å²) in [7, 11) is 0. The zero-order valence-electron chi connectivity index (χ0n) is 12.9. The fourth-order valence-electron chi connectivity index (χ4n) is 3.18. The molecule has 21 heavy (non-hydrogen) atoms. The molecule has 0 aliphatic heterocycles. The van der Waals surface area contributed by atoms with Crippen molar-refractivity contribution in [1.82, 2.24) is 5.32 Å². The maximum absolute atomic E-state index is 12.3. The van der Waals surface area contributed by atoms with Crippen LogP contribution in [0.2, 0.25) is 0 Å². The lowest BCUT2D eigenvalue weighted by Gasteiger charge is -2.37. The van der Waals surface area contributed by atoms with Gasteiger partial charge in [-0.25, -0.2) is 0 Å². The second kappa shape index (κ2) is 6.58. The van der Waals surface area contributed by atoms with Crippen molar-refractivity contribution in [2.45, 2.75) is 51.2 Å². The summed E-state index contributed by atoms with van der Waals surface area (Å²) in [6.45, 7) is 4.14. The summed E-state index contributed by atoms with van der Waals surface area (Å²) < 4.78 is 0. The number of benzene rings is 1. The van der Waals surface area contributed by atoms with Gasteiger partial charge < -0.3 is 16.2 Å². The van der Waals surface area contributed by atoms with Gasteiger partial charge in [0.2, 0.25) is 5.91 Å². The number of rotatable bonds is 4. The third-order valence-electron chi connectivity index (χ3n) is 4.59. The van der Waals surface area contributed by atoms with E-state index in [0.717, 1.165) is 36.8 Å². The van der Waals surface area contributed by atoms with Crippen molar-refractivity contribution in [2.75, 3.05) is 6.54 Å². The van der Waals surface area contributed by atoms with Crippen molar-refractivity contribution < 1.29 is 9.90 Å². The van der Waals surface area contributed by atoms with Crippen molar-refractivity contribution >= 4 is 5.91 Å². The number of amides is 1. The van der Waals surface area contributed by atoms with Crippen LogP contribution in [-0.2, 0) is 4.79 Å². The highest BCUT2D eigenvalue weighted by atomic mass is 16.3. The molecular weight excluding hydrogens is 264 g/mol. The molecule has 1 aliphatic carbocycles. The average molecular weight is 290 g/mol. The van der Waals surface area contributed by atoms with Gasteiger partial charge in [0.25, 0.3) is 0 Å². The molecule has 1 aromatic rings. The molecule has 3 atom stereocenters. The van der Waals surface area contributed by atoms with Crippen LogP contribution in [0.15, 0.2) is 24.3 Å². The van der Waals surface area contributed by atoms with Gasteiger partial charge in [-0.3, -0.25) is 4.79 Å². The first-order chi connectivity index (χ1) is 9.92. The maximum atomic E-state index is 12.3. The second-order valence-corrected chi connectivity index (χ2v) is 6.42. The van der Waals surface area contributed by atoms with Gasteiger partial charge in [-0.1, -0.05) is 37.1 Å². The Labute approximate surface area is 126 Å². The Bertz CT molecular complexity index is 499. The third kappa shape index (κ3) is 3.83. The summed E-state index contributed by atoms with van der Waals surface area (Å²) in [6.07, 6.45) is 3.17. The molecular formula is C17H26N2O2. The minimum atomic E-state index is -0.678. The molecule has 4 nitrogen and oxygen atoms in total. The highest BCUT2D eigenvalue weighted by Gasteiger charge is 2.37. The minimum Gasteiger partial charge on any atom is -0.387 e. The number of aliphatic hydroxyl groups is 1. The lowest BCUT2D eigenvalue weighted by Crippen LogP contribution is -2.53. The summed E-state index contributed by atoms with van der Waals surface area (Å²) in [6, 6.07) is 7.68. The Morgan fingerprint density at radius 1 is 1.48 bits per heavy atom. The zero-order chi connectivity index (χ0) is 15.5. The average Bonchev–Trinajstić information content (AvgIpc) is 2.44. The number of nitrogens with two attached hydrogens (primary N) is 1. The van der Waals surface area contributed by atoms with E-state index in [1.165, 1.54) is 0 Å². The minimum absolute atomic E-state index is 0.0349. The summed E-state index contributed by atoms with van der Waals surface area (Å²) in [4.78, 5) is 12.3.